The Bertz CT molecular complexity index is 415. The summed E-state index contributed by atoms with van der Waals surface area (Å²) in [6.07, 6.45) is 0.811. The lowest BCUT2D eigenvalue weighted by Gasteiger charge is -2.19. The molecule has 2 rings (SSSR count). The van der Waals surface area contributed by atoms with Gasteiger partial charge in [0.05, 0.1) is 12.1 Å². The van der Waals surface area contributed by atoms with E-state index >= 15 is 0 Å². The summed E-state index contributed by atoms with van der Waals surface area (Å²) in [5, 5.41) is 13.3. The van der Waals surface area contributed by atoms with Gasteiger partial charge in [-0.25, -0.2) is 4.39 Å². The van der Waals surface area contributed by atoms with Crippen LogP contribution in [0.3, 0.4) is 0 Å². The van der Waals surface area contributed by atoms with Crippen LogP contribution in [0, 0.1) is 5.82 Å². The lowest BCUT2D eigenvalue weighted by molar-refractivity contribution is 0.211. The number of benzene rings is 1. The molecule has 0 bridgehead atoms. The number of hydrogen-bond donors (Lipinski definition) is 2. The number of nitrogens with one attached hydrogen (secondary N) is 1. The molecule has 1 aromatic carbocycles. The summed E-state index contributed by atoms with van der Waals surface area (Å²) >= 11 is 1.58. The third-order valence-corrected chi connectivity index (χ3v) is 4.01. The molecule has 0 saturated carbocycles. The van der Waals surface area contributed by atoms with Gasteiger partial charge < -0.3 is 10.4 Å². The molecule has 1 atom stereocenters. The molecular weight excluding hydrogens is 239 g/mol. The zero-order valence-corrected chi connectivity index (χ0v) is 10.4. The van der Waals surface area contributed by atoms with E-state index in [9.17, 15) is 9.50 Å². The summed E-state index contributed by atoms with van der Waals surface area (Å²) in [7, 11) is 0. The normalized spacial score (nSPS) is 23.6. The van der Waals surface area contributed by atoms with Crippen molar-refractivity contribution in [1.82, 2.24) is 0 Å². The Balaban J connectivity index is 2.08. The van der Waals surface area contributed by atoms with E-state index in [1.54, 1.807) is 23.9 Å². The first-order valence-corrected chi connectivity index (χ1v) is 6.52. The number of anilines is 1. The van der Waals surface area contributed by atoms with E-state index in [4.69, 9.17) is 0 Å². The van der Waals surface area contributed by atoms with Gasteiger partial charge in [0.1, 0.15) is 5.82 Å². The Kier molecular flexibility index (Phi) is 3.69. The van der Waals surface area contributed by atoms with Crippen LogP contribution in [0.15, 0.2) is 29.3 Å². The zero-order valence-electron chi connectivity index (χ0n) is 9.61. The number of aliphatic hydroxyl groups excluding tert-OH is 1. The fourth-order valence-electron chi connectivity index (χ4n) is 1.58. The highest BCUT2D eigenvalue weighted by Crippen LogP contribution is 2.30. The Morgan fingerprint density at radius 1 is 1.47 bits per heavy atom. The van der Waals surface area contributed by atoms with Crippen LogP contribution in [0.5, 0.6) is 0 Å². The molecule has 1 unspecified atom stereocenters. The Morgan fingerprint density at radius 3 is 2.71 bits per heavy atom. The average Bonchev–Trinajstić information content (AvgIpc) is 2.76. The van der Waals surface area contributed by atoms with Crippen LogP contribution in [0.25, 0.3) is 0 Å². The van der Waals surface area contributed by atoms with Gasteiger partial charge in [0, 0.05) is 11.4 Å². The molecule has 1 aromatic rings. The lowest BCUT2D eigenvalue weighted by Crippen LogP contribution is -2.30. The molecule has 1 aliphatic heterocycles. The van der Waals surface area contributed by atoms with Crippen molar-refractivity contribution in [2.75, 3.05) is 17.7 Å². The lowest BCUT2D eigenvalue weighted by atomic mass is 10.0. The van der Waals surface area contributed by atoms with Gasteiger partial charge in [0.2, 0.25) is 0 Å². The van der Waals surface area contributed by atoms with E-state index in [1.165, 1.54) is 12.1 Å². The Labute approximate surface area is 104 Å². The van der Waals surface area contributed by atoms with Gasteiger partial charge in [0.25, 0.3) is 0 Å². The predicted molar refractivity (Wildman–Crippen MR) is 70.0 cm³/mol. The highest BCUT2D eigenvalue weighted by Gasteiger charge is 2.33. The van der Waals surface area contributed by atoms with Crippen molar-refractivity contribution in [2.24, 2.45) is 4.99 Å². The molecule has 17 heavy (non-hydrogen) atoms. The van der Waals surface area contributed by atoms with E-state index in [1.807, 2.05) is 6.92 Å². The van der Waals surface area contributed by atoms with Crippen LogP contribution in [-0.2, 0) is 0 Å². The number of thioether (sulfide) groups is 1. The predicted octanol–water partition coefficient (Wildman–Crippen LogP) is 2.48. The molecule has 3 nitrogen and oxygen atoms in total. The third-order valence-electron chi connectivity index (χ3n) is 2.86. The molecule has 2 N–H and O–H groups in total. The number of rotatable bonds is 3. The van der Waals surface area contributed by atoms with Gasteiger partial charge in [0.15, 0.2) is 5.17 Å². The summed E-state index contributed by atoms with van der Waals surface area (Å²) in [5.41, 5.74) is 0.454. The topological polar surface area (TPSA) is 44.6 Å². The maximum atomic E-state index is 12.7. The first-order valence-electron chi connectivity index (χ1n) is 5.53. The number of hydrogen-bond acceptors (Lipinski definition) is 4. The van der Waals surface area contributed by atoms with Crippen molar-refractivity contribution in [3.63, 3.8) is 0 Å². The monoisotopic (exact) mass is 254 g/mol. The van der Waals surface area contributed by atoms with Crippen LogP contribution < -0.4 is 5.32 Å². The van der Waals surface area contributed by atoms with E-state index in [0.29, 0.717) is 0 Å². The fraction of sp³-hybridized carbons (Fsp3) is 0.417. The number of nitrogens with zero attached hydrogens (tertiary/aromatic N) is 1. The molecule has 0 aromatic heterocycles. The minimum Gasteiger partial charge on any atom is -0.394 e. The van der Waals surface area contributed by atoms with Gasteiger partial charge >= 0.3 is 0 Å². The maximum Gasteiger partial charge on any atom is 0.161 e. The molecule has 92 valence electrons. The Morgan fingerprint density at radius 2 is 2.18 bits per heavy atom. The minimum atomic E-state index is -0.354. The molecule has 5 heteroatoms. The largest absolute Gasteiger partial charge is 0.394 e. The minimum absolute atomic E-state index is 0.0606. The second-order valence-electron chi connectivity index (χ2n) is 4.07. The molecule has 0 aliphatic carbocycles. The molecule has 0 saturated heterocycles. The standard InChI is InChI=1S/C12H15FN2OS/c1-2-12(7-16)8-17-11(15-12)14-10-5-3-9(13)4-6-10/h3-6,16H,2,7-8H2,1H3,(H,14,15). The van der Waals surface area contributed by atoms with Gasteiger partial charge in [-0.2, -0.15) is 0 Å². The van der Waals surface area contributed by atoms with Gasteiger partial charge in [-0.1, -0.05) is 18.7 Å². The van der Waals surface area contributed by atoms with E-state index < -0.39 is 0 Å². The fourth-order valence-corrected chi connectivity index (χ4v) is 2.79. The second kappa shape index (κ2) is 5.06. The molecule has 0 amide bonds. The SMILES string of the molecule is CCC1(CO)CSC(Nc2ccc(F)cc2)=N1. The summed E-state index contributed by atoms with van der Waals surface area (Å²) in [6.45, 7) is 2.08. The summed E-state index contributed by atoms with van der Waals surface area (Å²) in [5.74, 6) is 0.526. The highest BCUT2D eigenvalue weighted by molar-refractivity contribution is 8.14. The van der Waals surface area contributed by atoms with Crippen LogP contribution in [0.2, 0.25) is 0 Å². The van der Waals surface area contributed by atoms with Crippen LogP contribution in [0.4, 0.5) is 10.1 Å². The number of aliphatic hydroxyl groups is 1. The molecule has 1 heterocycles. The number of aliphatic imine (C=N–C) groups is 1. The zero-order chi connectivity index (χ0) is 12.3. The molecule has 0 radical (unpaired) electrons. The average molecular weight is 254 g/mol. The van der Waals surface area contributed by atoms with Crippen molar-refractivity contribution in [1.29, 1.82) is 0 Å². The molecular formula is C12H15FN2OS. The van der Waals surface area contributed by atoms with Crippen molar-refractivity contribution in [3.05, 3.63) is 30.1 Å². The van der Waals surface area contributed by atoms with Crippen molar-refractivity contribution in [2.45, 2.75) is 18.9 Å². The van der Waals surface area contributed by atoms with E-state index in [-0.39, 0.29) is 18.0 Å². The van der Waals surface area contributed by atoms with Gasteiger partial charge in [-0.05, 0) is 30.7 Å². The quantitative estimate of drug-likeness (QED) is 0.871. The van der Waals surface area contributed by atoms with Gasteiger partial charge in [-0.15, -0.1) is 0 Å². The Hall–Kier alpha value is -1.07. The van der Waals surface area contributed by atoms with Crippen LogP contribution in [-0.4, -0.2) is 28.2 Å². The summed E-state index contributed by atoms with van der Waals surface area (Å²) in [4.78, 5) is 4.50. The first-order chi connectivity index (χ1) is 8.17. The van der Waals surface area contributed by atoms with Gasteiger partial charge in [-0.3, -0.25) is 4.99 Å². The van der Waals surface area contributed by atoms with Crippen molar-refractivity contribution >= 4 is 22.6 Å². The van der Waals surface area contributed by atoms with E-state index in [2.05, 4.69) is 10.3 Å². The van der Waals surface area contributed by atoms with Crippen LogP contribution in [0.1, 0.15) is 13.3 Å². The summed E-state index contributed by atoms with van der Waals surface area (Å²) < 4.78 is 12.7. The van der Waals surface area contributed by atoms with Crippen molar-refractivity contribution < 1.29 is 9.50 Å². The summed E-state index contributed by atoms with van der Waals surface area (Å²) in [6, 6.07) is 6.15. The highest BCUT2D eigenvalue weighted by atomic mass is 32.2. The molecule has 1 aliphatic rings. The second-order valence-corrected chi connectivity index (χ2v) is 5.04. The third kappa shape index (κ3) is 2.79. The van der Waals surface area contributed by atoms with E-state index in [0.717, 1.165) is 23.0 Å². The molecule has 0 fully saturated rings. The number of halogens is 1. The van der Waals surface area contributed by atoms with Crippen molar-refractivity contribution in [3.8, 4) is 0 Å². The maximum absolute atomic E-state index is 12.7. The smallest absolute Gasteiger partial charge is 0.161 e. The molecule has 0 spiro atoms. The van der Waals surface area contributed by atoms with Crippen LogP contribution >= 0.6 is 11.8 Å². The number of amidine groups is 1. The first kappa shape index (κ1) is 12.4.